The lowest BCUT2D eigenvalue weighted by Gasteiger charge is -2.37. The van der Waals surface area contributed by atoms with Crippen LogP contribution in [0.5, 0.6) is 5.75 Å². The summed E-state index contributed by atoms with van der Waals surface area (Å²) in [5.74, 6) is 0.539. The second-order valence-electron chi connectivity index (χ2n) is 10.4. The molecule has 0 saturated heterocycles. The highest BCUT2D eigenvalue weighted by molar-refractivity contribution is 9.10. The van der Waals surface area contributed by atoms with Gasteiger partial charge in [-0.15, -0.1) is 0 Å². The zero-order valence-corrected chi connectivity index (χ0v) is 24.6. The molecule has 0 radical (unpaired) electrons. The van der Waals surface area contributed by atoms with Crippen molar-refractivity contribution in [3.05, 3.63) is 101 Å². The van der Waals surface area contributed by atoms with Gasteiger partial charge in [0, 0.05) is 43.3 Å². The van der Waals surface area contributed by atoms with Crippen LogP contribution in [0.2, 0.25) is 0 Å². The van der Waals surface area contributed by atoms with E-state index in [9.17, 15) is 13.2 Å². The number of nitrogens with zero attached hydrogens (tertiary/aromatic N) is 2. The van der Waals surface area contributed by atoms with Crippen LogP contribution < -0.4 is 9.83 Å². The Kier molecular flexibility index (Phi) is 7.19. The highest BCUT2D eigenvalue weighted by Crippen LogP contribution is 2.63. The number of fused-ring (bicyclic) bond motifs is 3. The van der Waals surface area contributed by atoms with E-state index in [0.717, 1.165) is 44.2 Å². The van der Waals surface area contributed by atoms with Gasteiger partial charge in [-0.3, -0.25) is 0 Å². The molecule has 4 aromatic carbocycles. The lowest BCUT2D eigenvalue weighted by molar-refractivity contribution is -0.137. The lowest BCUT2D eigenvalue weighted by Crippen LogP contribution is -2.27. The zero-order valence-electron chi connectivity index (χ0n) is 22.1. The molecule has 0 aliphatic heterocycles. The third-order valence-electron chi connectivity index (χ3n) is 6.82. The van der Waals surface area contributed by atoms with Crippen LogP contribution in [-0.4, -0.2) is 9.72 Å². The maximum atomic E-state index is 14.1. The second-order valence-corrected chi connectivity index (χ2v) is 14.7. The lowest BCUT2D eigenvalue weighted by atomic mass is 10.1. The van der Waals surface area contributed by atoms with Crippen molar-refractivity contribution in [1.82, 2.24) is 4.57 Å². The summed E-state index contributed by atoms with van der Waals surface area (Å²) in [6, 6.07) is 27.1. The fraction of sp³-hybridized carbons (Fsp3) is 0.226. The minimum atomic E-state index is -4.55. The van der Waals surface area contributed by atoms with Gasteiger partial charge in [-0.2, -0.15) is 13.2 Å². The Balaban J connectivity index is 1.89. The van der Waals surface area contributed by atoms with E-state index in [-0.39, 0.29) is 5.69 Å². The summed E-state index contributed by atoms with van der Waals surface area (Å²) in [5, 5.41) is 2.24. The Morgan fingerprint density at radius 3 is 2.21 bits per heavy atom. The number of para-hydroxylation sites is 1. The van der Waals surface area contributed by atoms with Gasteiger partial charge in [-0.05, 0) is 61.5 Å². The van der Waals surface area contributed by atoms with Crippen LogP contribution in [0.4, 0.5) is 18.9 Å². The zero-order chi connectivity index (χ0) is 28.0. The van der Waals surface area contributed by atoms with E-state index < -0.39 is 24.2 Å². The summed E-state index contributed by atoms with van der Waals surface area (Å²) in [7, 11) is -3.18. The van der Waals surface area contributed by atoms with Gasteiger partial charge < -0.3 is 9.09 Å². The molecule has 1 atom stereocenters. The molecule has 0 fully saturated rings. The Morgan fingerprint density at radius 2 is 1.51 bits per heavy atom. The van der Waals surface area contributed by atoms with Gasteiger partial charge >= 0.3 is 6.18 Å². The fourth-order valence-electron chi connectivity index (χ4n) is 5.00. The number of alkyl halides is 3. The standard InChI is InChI=1S/C31H29BrF3N2OP/c1-5-37-28-16-9-6-13-24(28)25-20-23(17-18-29(25)37)39(30(2,3)4,38-22-12-10-11-21(32)19-22)36-27-15-8-7-14-26(27)31(33,34)35/h6-20H,5H2,1-4H3. The van der Waals surface area contributed by atoms with E-state index in [4.69, 9.17) is 9.27 Å². The summed E-state index contributed by atoms with van der Waals surface area (Å²) in [4.78, 5) is 0. The van der Waals surface area contributed by atoms with Gasteiger partial charge in [-0.25, -0.2) is 4.74 Å². The van der Waals surface area contributed by atoms with Gasteiger partial charge in [0.15, 0.2) is 7.28 Å². The van der Waals surface area contributed by atoms with Crippen LogP contribution in [0.15, 0.2) is 100 Å². The van der Waals surface area contributed by atoms with Crippen molar-refractivity contribution in [3.63, 3.8) is 0 Å². The molecule has 8 heteroatoms. The molecule has 1 unspecified atom stereocenters. The Labute approximate surface area is 234 Å². The molecule has 0 saturated carbocycles. The van der Waals surface area contributed by atoms with Gasteiger partial charge in [0.25, 0.3) is 0 Å². The normalized spacial score (nSPS) is 13.9. The van der Waals surface area contributed by atoms with Crippen LogP contribution in [0, 0.1) is 0 Å². The predicted octanol–water partition coefficient (Wildman–Crippen LogP) is 10.5. The van der Waals surface area contributed by atoms with Crippen LogP contribution in [0.3, 0.4) is 0 Å². The second kappa shape index (κ2) is 10.2. The molecule has 3 nitrogen and oxygen atoms in total. The molecule has 5 aromatic rings. The maximum absolute atomic E-state index is 14.1. The molecular formula is C31H29BrF3N2OP. The topological polar surface area (TPSA) is 26.5 Å². The SMILES string of the molecule is CCn1c2ccccc2c2cc(P(=Nc3ccccc3C(F)(F)F)(Oc3cccc(Br)c3)C(C)(C)C)ccc21. The molecule has 202 valence electrons. The summed E-state index contributed by atoms with van der Waals surface area (Å²) in [6.07, 6.45) is -4.55. The van der Waals surface area contributed by atoms with Gasteiger partial charge in [0.05, 0.1) is 11.3 Å². The van der Waals surface area contributed by atoms with E-state index in [1.807, 2.05) is 69.3 Å². The molecule has 5 rings (SSSR count). The van der Waals surface area contributed by atoms with Crippen molar-refractivity contribution in [2.45, 2.75) is 45.6 Å². The van der Waals surface area contributed by atoms with Crippen LogP contribution in [0.25, 0.3) is 21.8 Å². The number of hydrogen-bond donors (Lipinski definition) is 0. The molecule has 39 heavy (non-hydrogen) atoms. The van der Waals surface area contributed by atoms with Crippen molar-refractivity contribution in [2.75, 3.05) is 0 Å². The summed E-state index contributed by atoms with van der Waals surface area (Å²) in [6.45, 7) is 8.85. The van der Waals surface area contributed by atoms with Crippen LogP contribution >= 0.6 is 23.2 Å². The van der Waals surface area contributed by atoms with E-state index in [2.05, 4.69) is 45.6 Å². The monoisotopic (exact) mass is 612 g/mol. The summed E-state index contributed by atoms with van der Waals surface area (Å²) >= 11 is 3.50. The average Bonchev–Trinajstić information content (AvgIpc) is 3.20. The van der Waals surface area contributed by atoms with E-state index in [1.165, 1.54) is 12.1 Å². The number of benzene rings is 4. The molecular weight excluding hydrogens is 584 g/mol. The predicted molar refractivity (Wildman–Crippen MR) is 160 cm³/mol. The van der Waals surface area contributed by atoms with Gasteiger partial charge in [0.1, 0.15) is 5.75 Å². The highest BCUT2D eigenvalue weighted by Gasteiger charge is 2.41. The fourth-order valence-corrected chi connectivity index (χ4v) is 8.47. The number of hydrogen-bond acceptors (Lipinski definition) is 2. The first-order chi connectivity index (χ1) is 18.4. The molecule has 0 bridgehead atoms. The molecule has 1 heterocycles. The van der Waals surface area contributed by atoms with Crippen LogP contribution in [-0.2, 0) is 12.7 Å². The third-order valence-corrected chi connectivity index (χ3v) is 11.1. The molecule has 0 aliphatic carbocycles. The summed E-state index contributed by atoms with van der Waals surface area (Å²) < 4.78 is 57.3. The molecule has 1 aromatic heterocycles. The van der Waals surface area contributed by atoms with Crippen molar-refractivity contribution in [2.24, 2.45) is 4.74 Å². The molecule has 0 amide bonds. The van der Waals surface area contributed by atoms with E-state index >= 15 is 0 Å². The minimum Gasteiger partial charge on any atom is -0.455 e. The van der Waals surface area contributed by atoms with Crippen molar-refractivity contribution in [1.29, 1.82) is 0 Å². The first-order valence-corrected chi connectivity index (χ1v) is 15.2. The van der Waals surface area contributed by atoms with Crippen molar-refractivity contribution < 1.29 is 17.7 Å². The Morgan fingerprint density at radius 1 is 0.821 bits per heavy atom. The maximum Gasteiger partial charge on any atom is 0.418 e. The van der Waals surface area contributed by atoms with E-state index in [1.54, 1.807) is 6.07 Å². The third kappa shape index (κ3) is 5.03. The quantitative estimate of drug-likeness (QED) is 0.181. The molecule has 0 aliphatic rings. The minimum absolute atomic E-state index is 0.126. The number of aryl methyl sites for hydroxylation is 1. The molecule has 0 N–H and O–H groups in total. The van der Waals surface area contributed by atoms with Crippen LogP contribution in [0.1, 0.15) is 33.3 Å². The van der Waals surface area contributed by atoms with Gasteiger partial charge in [-0.1, -0.05) is 73.1 Å². The van der Waals surface area contributed by atoms with Crippen molar-refractivity contribution >= 4 is 56.0 Å². The average molecular weight is 613 g/mol. The number of aromatic nitrogens is 1. The van der Waals surface area contributed by atoms with Gasteiger partial charge in [0.2, 0.25) is 0 Å². The summed E-state index contributed by atoms with van der Waals surface area (Å²) in [5.41, 5.74) is 1.27. The first kappa shape index (κ1) is 27.5. The number of rotatable bonds is 5. The van der Waals surface area contributed by atoms with Crippen molar-refractivity contribution in [3.8, 4) is 5.75 Å². The van der Waals surface area contributed by atoms with E-state index in [0.29, 0.717) is 5.75 Å². The Bertz CT molecular complexity index is 1730. The smallest absolute Gasteiger partial charge is 0.418 e. The number of halogens is 4. The largest absolute Gasteiger partial charge is 0.455 e. The first-order valence-electron chi connectivity index (χ1n) is 12.7. The Hall–Kier alpha value is -3.02. The molecule has 0 spiro atoms. The highest BCUT2D eigenvalue weighted by atomic mass is 79.9.